The maximum Gasteiger partial charge on any atom is 0.338 e. The summed E-state index contributed by atoms with van der Waals surface area (Å²) in [5.41, 5.74) is 0.0697. The fourth-order valence-electron chi connectivity index (χ4n) is 1.13. The van der Waals surface area contributed by atoms with Gasteiger partial charge in [-0.2, -0.15) is 0 Å². The van der Waals surface area contributed by atoms with Crippen molar-refractivity contribution in [3.8, 4) is 0 Å². The SMILES string of the molecule is Cn1ccc(SNc2ncc(C(=O)O)cn2)c1. The molecule has 0 aromatic carbocycles. The molecule has 0 aliphatic rings. The second kappa shape index (κ2) is 4.88. The predicted octanol–water partition coefficient (Wildman–Crippen LogP) is 1.63. The average Bonchev–Trinajstić information content (AvgIpc) is 2.73. The summed E-state index contributed by atoms with van der Waals surface area (Å²) in [5.74, 6) is -0.656. The van der Waals surface area contributed by atoms with Crippen LogP contribution in [0.4, 0.5) is 5.95 Å². The molecule has 2 aromatic rings. The average molecular weight is 250 g/mol. The van der Waals surface area contributed by atoms with E-state index in [1.807, 2.05) is 30.1 Å². The first-order valence-corrected chi connectivity index (χ1v) is 5.57. The van der Waals surface area contributed by atoms with Crippen LogP contribution in [0, 0.1) is 0 Å². The van der Waals surface area contributed by atoms with Crippen molar-refractivity contribution < 1.29 is 9.90 Å². The Kier molecular flexibility index (Phi) is 3.29. The van der Waals surface area contributed by atoms with Crippen LogP contribution in [-0.4, -0.2) is 25.6 Å². The number of aryl methyl sites for hydroxylation is 1. The van der Waals surface area contributed by atoms with Crippen molar-refractivity contribution in [2.75, 3.05) is 4.72 Å². The molecule has 0 amide bonds. The van der Waals surface area contributed by atoms with Crippen LogP contribution in [0.5, 0.6) is 0 Å². The minimum Gasteiger partial charge on any atom is -0.478 e. The van der Waals surface area contributed by atoms with Crippen molar-refractivity contribution in [2.24, 2.45) is 7.05 Å². The van der Waals surface area contributed by atoms with Crippen LogP contribution in [-0.2, 0) is 7.05 Å². The lowest BCUT2D eigenvalue weighted by molar-refractivity contribution is 0.0696. The maximum atomic E-state index is 10.6. The van der Waals surface area contributed by atoms with Gasteiger partial charge >= 0.3 is 5.97 Å². The molecule has 0 saturated carbocycles. The predicted molar refractivity (Wildman–Crippen MR) is 63.9 cm³/mol. The van der Waals surface area contributed by atoms with Crippen molar-refractivity contribution in [3.05, 3.63) is 36.4 Å². The van der Waals surface area contributed by atoms with Crippen LogP contribution in [0.3, 0.4) is 0 Å². The summed E-state index contributed by atoms with van der Waals surface area (Å²) >= 11 is 1.37. The fraction of sp³-hybridized carbons (Fsp3) is 0.100. The molecule has 0 bridgehead atoms. The Labute approximate surface area is 102 Å². The highest BCUT2D eigenvalue weighted by atomic mass is 32.2. The smallest absolute Gasteiger partial charge is 0.338 e. The normalized spacial score (nSPS) is 10.2. The summed E-state index contributed by atoms with van der Waals surface area (Å²) in [4.78, 5) is 19.4. The monoisotopic (exact) mass is 250 g/mol. The van der Waals surface area contributed by atoms with Crippen molar-refractivity contribution in [2.45, 2.75) is 4.90 Å². The zero-order valence-corrected chi connectivity index (χ0v) is 9.81. The number of hydrogen-bond acceptors (Lipinski definition) is 5. The molecule has 0 fully saturated rings. The van der Waals surface area contributed by atoms with Gasteiger partial charge in [0.15, 0.2) is 0 Å². The van der Waals surface area contributed by atoms with Crippen molar-refractivity contribution in [1.82, 2.24) is 14.5 Å². The highest BCUT2D eigenvalue weighted by Gasteiger charge is 2.04. The third-order valence-electron chi connectivity index (χ3n) is 1.96. The van der Waals surface area contributed by atoms with Gasteiger partial charge in [0.2, 0.25) is 5.95 Å². The van der Waals surface area contributed by atoms with Gasteiger partial charge in [-0.05, 0) is 18.0 Å². The number of aromatic carboxylic acids is 1. The first-order valence-electron chi connectivity index (χ1n) is 4.75. The zero-order chi connectivity index (χ0) is 12.3. The van der Waals surface area contributed by atoms with E-state index in [4.69, 9.17) is 5.11 Å². The molecule has 2 rings (SSSR count). The first kappa shape index (κ1) is 11.5. The lowest BCUT2D eigenvalue weighted by Gasteiger charge is -2.01. The van der Waals surface area contributed by atoms with Crippen molar-refractivity contribution >= 4 is 23.9 Å². The van der Waals surface area contributed by atoms with Gasteiger partial charge in [0.25, 0.3) is 0 Å². The third kappa shape index (κ3) is 2.97. The summed E-state index contributed by atoms with van der Waals surface area (Å²) in [5, 5.41) is 8.68. The first-order chi connectivity index (χ1) is 8.15. The molecular weight excluding hydrogens is 240 g/mol. The third-order valence-corrected chi connectivity index (χ3v) is 2.73. The van der Waals surface area contributed by atoms with Crippen LogP contribution >= 0.6 is 11.9 Å². The quantitative estimate of drug-likeness (QED) is 0.803. The van der Waals surface area contributed by atoms with E-state index in [1.54, 1.807) is 0 Å². The van der Waals surface area contributed by atoms with E-state index < -0.39 is 5.97 Å². The molecule has 6 nitrogen and oxygen atoms in total. The molecule has 0 unspecified atom stereocenters. The summed E-state index contributed by atoms with van der Waals surface area (Å²) in [6, 6.07) is 1.95. The number of nitrogens with one attached hydrogen (secondary N) is 1. The molecule has 0 aliphatic heterocycles. The van der Waals surface area contributed by atoms with E-state index in [1.165, 1.54) is 24.3 Å². The number of nitrogens with zero attached hydrogens (tertiary/aromatic N) is 3. The van der Waals surface area contributed by atoms with E-state index in [-0.39, 0.29) is 5.56 Å². The number of aromatic nitrogens is 3. The van der Waals surface area contributed by atoms with Crippen molar-refractivity contribution in [1.29, 1.82) is 0 Å². The van der Waals surface area contributed by atoms with Gasteiger partial charge in [-0.3, -0.25) is 4.72 Å². The number of hydrogen-bond donors (Lipinski definition) is 2. The highest BCUT2D eigenvalue weighted by molar-refractivity contribution is 8.00. The van der Waals surface area contributed by atoms with Crippen LogP contribution in [0.15, 0.2) is 35.7 Å². The van der Waals surface area contributed by atoms with E-state index in [0.717, 1.165) is 4.90 Å². The van der Waals surface area contributed by atoms with Gasteiger partial charge in [0.1, 0.15) is 0 Å². The number of anilines is 1. The molecule has 2 aromatic heterocycles. The van der Waals surface area contributed by atoms with Crippen LogP contribution < -0.4 is 4.72 Å². The number of rotatable bonds is 4. The second-order valence-electron chi connectivity index (χ2n) is 3.32. The Bertz CT molecular complexity index is 523. The summed E-state index contributed by atoms with van der Waals surface area (Å²) in [6.07, 6.45) is 6.41. The zero-order valence-electron chi connectivity index (χ0n) is 8.99. The number of carboxylic acid groups (broad SMARTS) is 1. The van der Waals surface area contributed by atoms with Crippen molar-refractivity contribution in [3.63, 3.8) is 0 Å². The molecule has 0 atom stereocenters. The molecule has 0 spiro atoms. The Morgan fingerprint density at radius 2 is 2.18 bits per heavy atom. The number of carbonyl (C=O) groups is 1. The van der Waals surface area contributed by atoms with Crippen LogP contribution in [0.2, 0.25) is 0 Å². The molecule has 0 saturated heterocycles. The van der Waals surface area contributed by atoms with E-state index in [2.05, 4.69) is 14.7 Å². The Morgan fingerprint density at radius 1 is 1.47 bits per heavy atom. The van der Waals surface area contributed by atoms with E-state index in [9.17, 15) is 4.79 Å². The van der Waals surface area contributed by atoms with Gasteiger partial charge in [-0.15, -0.1) is 0 Å². The Morgan fingerprint density at radius 3 is 2.71 bits per heavy atom. The lowest BCUT2D eigenvalue weighted by atomic mass is 10.4. The molecule has 88 valence electrons. The maximum absolute atomic E-state index is 10.6. The van der Waals surface area contributed by atoms with Gasteiger partial charge < -0.3 is 9.67 Å². The summed E-state index contributed by atoms with van der Waals surface area (Å²) in [7, 11) is 1.93. The minimum absolute atomic E-state index is 0.0697. The minimum atomic E-state index is -1.03. The molecule has 2 heterocycles. The fourth-order valence-corrected chi connectivity index (χ4v) is 1.80. The van der Waals surface area contributed by atoms with E-state index in [0.29, 0.717) is 5.95 Å². The molecule has 7 heteroatoms. The lowest BCUT2D eigenvalue weighted by Crippen LogP contribution is -2.00. The highest BCUT2D eigenvalue weighted by Crippen LogP contribution is 2.18. The molecule has 2 N–H and O–H groups in total. The van der Waals surface area contributed by atoms with Crippen LogP contribution in [0.25, 0.3) is 0 Å². The summed E-state index contributed by atoms with van der Waals surface area (Å²) < 4.78 is 4.86. The van der Waals surface area contributed by atoms with Gasteiger partial charge in [-0.25, -0.2) is 14.8 Å². The second-order valence-corrected chi connectivity index (χ2v) is 4.20. The largest absolute Gasteiger partial charge is 0.478 e. The van der Waals surface area contributed by atoms with Crippen LogP contribution in [0.1, 0.15) is 10.4 Å². The Balaban J connectivity index is 1.97. The number of carboxylic acids is 1. The van der Waals surface area contributed by atoms with Gasteiger partial charge in [-0.1, -0.05) is 0 Å². The van der Waals surface area contributed by atoms with Gasteiger partial charge in [0.05, 0.1) is 5.56 Å². The molecule has 17 heavy (non-hydrogen) atoms. The molecule has 0 radical (unpaired) electrons. The van der Waals surface area contributed by atoms with Gasteiger partial charge in [0, 0.05) is 36.7 Å². The topological polar surface area (TPSA) is 80.0 Å². The summed E-state index contributed by atoms with van der Waals surface area (Å²) in [6.45, 7) is 0. The standard InChI is InChI=1S/C10H10N4O2S/c1-14-3-2-8(6-14)17-13-10-11-4-7(5-12-10)9(15)16/h2-6H,1H3,(H,15,16)(H,11,12,13). The molecule has 0 aliphatic carbocycles. The van der Waals surface area contributed by atoms with E-state index >= 15 is 0 Å². The Hall–Kier alpha value is -2.02. The molecular formula is C10H10N4O2S.